The molecule has 0 N–H and O–H groups in total. The number of hydrogen-bond donors (Lipinski definition) is 0. The average Bonchev–Trinajstić information content (AvgIpc) is 2.95. The van der Waals surface area contributed by atoms with E-state index in [2.05, 4.69) is 17.6 Å². The summed E-state index contributed by atoms with van der Waals surface area (Å²) in [5, 5.41) is 0. The number of aryl methyl sites for hydroxylation is 3. The molecule has 0 radical (unpaired) electrons. The first-order chi connectivity index (χ1) is 11.4. The van der Waals surface area contributed by atoms with Crippen molar-refractivity contribution in [2.24, 2.45) is 7.05 Å². The normalized spacial score (nSPS) is 22.6. The Balaban J connectivity index is 1.96. The third kappa shape index (κ3) is 2.13. The highest BCUT2D eigenvalue weighted by Gasteiger charge is 2.40. The molecule has 1 aromatic carbocycles. The van der Waals surface area contributed by atoms with E-state index in [1.54, 1.807) is 0 Å². The van der Waals surface area contributed by atoms with E-state index in [1.165, 1.54) is 0 Å². The van der Waals surface area contributed by atoms with Crippen molar-refractivity contribution in [2.45, 2.75) is 51.0 Å². The number of hydrogen-bond acceptors (Lipinski definition) is 1. The van der Waals surface area contributed by atoms with Crippen molar-refractivity contribution >= 4 is 0 Å². The third-order valence-corrected chi connectivity index (χ3v) is 5.11. The van der Waals surface area contributed by atoms with Gasteiger partial charge in [-0.25, -0.2) is 4.57 Å². The maximum absolute atomic E-state index is 8.66. The number of ether oxygens (including phenoxy) is 1. The minimum atomic E-state index is -1.34. The zero-order valence-electron chi connectivity index (χ0n) is 15.4. The number of pyridine rings is 1. The van der Waals surface area contributed by atoms with Crippen molar-refractivity contribution in [2.75, 3.05) is 0 Å². The molecule has 0 saturated heterocycles. The van der Waals surface area contributed by atoms with Gasteiger partial charge in [-0.2, -0.15) is 0 Å². The molecule has 22 heavy (non-hydrogen) atoms. The maximum atomic E-state index is 8.66. The van der Waals surface area contributed by atoms with Crippen molar-refractivity contribution in [3.63, 3.8) is 0 Å². The summed E-state index contributed by atoms with van der Waals surface area (Å²) in [6, 6.07) is 10.1. The van der Waals surface area contributed by atoms with Gasteiger partial charge in [0.15, 0.2) is 6.20 Å². The topological polar surface area (TPSA) is 13.1 Å². The second-order valence-electron chi connectivity index (χ2n) is 6.68. The van der Waals surface area contributed by atoms with E-state index < -0.39 is 6.37 Å². The van der Waals surface area contributed by atoms with Crippen molar-refractivity contribution < 1.29 is 12.0 Å². The van der Waals surface area contributed by atoms with Gasteiger partial charge in [-0.05, 0) is 62.6 Å². The fourth-order valence-electron chi connectivity index (χ4n) is 3.83. The van der Waals surface area contributed by atoms with Crippen LogP contribution in [0.5, 0.6) is 5.75 Å². The molecule has 0 unspecified atom stereocenters. The van der Waals surface area contributed by atoms with Gasteiger partial charge in [0.05, 0.1) is 5.56 Å². The first kappa shape index (κ1) is 11.7. The Morgan fingerprint density at radius 3 is 2.73 bits per heavy atom. The molecule has 1 spiro atoms. The maximum Gasteiger partial charge on any atom is 0.216 e. The largest absolute Gasteiger partial charge is 0.486 e. The second-order valence-corrected chi connectivity index (χ2v) is 6.68. The molecular weight excluding hydrogens is 270 g/mol. The van der Waals surface area contributed by atoms with E-state index in [-0.39, 0.29) is 5.60 Å². The van der Waals surface area contributed by atoms with Crippen LogP contribution >= 0.6 is 0 Å². The van der Waals surface area contributed by atoms with Crippen LogP contribution in [0, 0.1) is 6.92 Å². The average molecular weight is 296 g/mol. The monoisotopic (exact) mass is 296 g/mol. The van der Waals surface area contributed by atoms with E-state index in [4.69, 9.17) is 7.48 Å². The fraction of sp³-hybridized carbons (Fsp3) is 0.450. The first-order valence-corrected chi connectivity index (χ1v) is 8.20. The first-order valence-electron chi connectivity index (χ1n) is 9.20. The van der Waals surface area contributed by atoms with Crippen molar-refractivity contribution in [3.8, 4) is 17.0 Å². The Morgan fingerprint density at radius 2 is 1.95 bits per heavy atom. The predicted molar refractivity (Wildman–Crippen MR) is 87.9 cm³/mol. The molecule has 1 aliphatic heterocycles. The number of nitrogens with zero attached hydrogens (tertiary/aromatic N) is 1. The SMILES string of the molecule is [2H]C1([2H])CC2(CCCC2)Oc2c1ccc(C)c2-c1cccc[n+]1C. The lowest BCUT2D eigenvalue weighted by Gasteiger charge is -2.36. The Bertz CT molecular complexity index is 794. The van der Waals surface area contributed by atoms with Crippen LogP contribution in [0.4, 0.5) is 0 Å². The molecule has 2 aliphatic rings. The summed E-state index contributed by atoms with van der Waals surface area (Å²) < 4.78 is 26.0. The third-order valence-electron chi connectivity index (χ3n) is 5.11. The van der Waals surface area contributed by atoms with Gasteiger partial charge >= 0.3 is 0 Å². The summed E-state index contributed by atoms with van der Waals surface area (Å²) in [6.45, 7) is 2.08. The van der Waals surface area contributed by atoms with E-state index in [9.17, 15) is 0 Å². The van der Waals surface area contributed by atoms with Crippen molar-refractivity contribution in [3.05, 3.63) is 47.7 Å². The van der Waals surface area contributed by atoms with Gasteiger partial charge in [-0.15, -0.1) is 0 Å². The molecule has 114 valence electrons. The fourth-order valence-corrected chi connectivity index (χ4v) is 3.83. The van der Waals surface area contributed by atoms with Gasteiger partial charge in [-0.1, -0.05) is 12.1 Å². The van der Waals surface area contributed by atoms with Crippen LogP contribution in [0.3, 0.4) is 0 Å². The predicted octanol–water partition coefficient (Wildman–Crippen LogP) is 4.12. The molecule has 2 heteroatoms. The highest BCUT2D eigenvalue weighted by atomic mass is 16.5. The molecule has 2 nitrogen and oxygen atoms in total. The number of fused-ring (bicyclic) bond motifs is 1. The van der Waals surface area contributed by atoms with Crippen LogP contribution in [0.2, 0.25) is 0 Å². The summed E-state index contributed by atoms with van der Waals surface area (Å²) >= 11 is 0. The summed E-state index contributed by atoms with van der Waals surface area (Å²) in [4.78, 5) is 0. The summed E-state index contributed by atoms with van der Waals surface area (Å²) in [5.74, 6) is 0.759. The molecule has 1 saturated carbocycles. The van der Waals surface area contributed by atoms with Crippen LogP contribution in [-0.2, 0) is 13.4 Å². The lowest BCUT2D eigenvalue weighted by molar-refractivity contribution is -0.660. The van der Waals surface area contributed by atoms with E-state index >= 15 is 0 Å². The Morgan fingerprint density at radius 1 is 1.14 bits per heavy atom. The number of benzene rings is 1. The highest BCUT2D eigenvalue weighted by Crippen LogP contribution is 2.47. The number of aromatic nitrogens is 1. The lowest BCUT2D eigenvalue weighted by Crippen LogP contribution is -2.37. The molecule has 0 atom stereocenters. The molecule has 1 aromatic heterocycles. The minimum absolute atomic E-state index is 0.327. The Labute approximate surface area is 135 Å². The second kappa shape index (κ2) is 5.12. The molecule has 0 amide bonds. The van der Waals surface area contributed by atoms with E-state index in [1.807, 2.05) is 37.5 Å². The van der Waals surface area contributed by atoms with Gasteiger partial charge in [0, 0.05) is 14.9 Å². The molecule has 1 fully saturated rings. The summed E-state index contributed by atoms with van der Waals surface area (Å²) in [5.41, 5.74) is 3.60. The van der Waals surface area contributed by atoms with Crippen LogP contribution < -0.4 is 9.30 Å². The van der Waals surface area contributed by atoms with Crippen LogP contribution in [0.25, 0.3) is 11.3 Å². The smallest absolute Gasteiger partial charge is 0.216 e. The quantitative estimate of drug-likeness (QED) is 0.721. The number of rotatable bonds is 1. The van der Waals surface area contributed by atoms with E-state index in [0.29, 0.717) is 12.0 Å². The highest BCUT2D eigenvalue weighted by molar-refractivity contribution is 5.71. The summed E-state index contributed by atoms with van der Waals surface area (Å²) in [6.07, 6.45) is 5.33. The minimum Gasteiger partial charge on any atom is -0.486 e. The molecule has 2 heterocycles. The van der Waals surface area contributed by atoms with E-state index in [0.717, 1.165) is 48.3 Å². The van der Waals surface area contributed by atoms with Crippen LogP contribution in [0.15, 0.2) is 36.5 Å². The Hall–Kier alpha value is -1.83. The van der Waals surface area contributed by atoms with Gasteiger partial charge in [-0.3, -0.25) is 0 Å². The van der Waals surface area contributed by atoms with Crippen molar-refractivity contribution in [1.29, 1.82) is 0 Å². The molecule has 2 aromatic rings. The zero-order chi connectivity index (χ0) is 16.9. The molecule has 0 bridgehead atoms. The molecule has 1 aliphatic carbocycles. The zero-order valence-corrected chi connectivity index (χ0v) is 13.4. The van der Waals surface area contributed by atoms with Gasteiger partial charge < -0.3 is 4.74 Å². The van der Waals surface area contributed by atoms with Crippen LogP contribution in [0.1, 0.15) is 46.0 Å². The lowest BCUT2D eigenvalue weighted by atomic mass is 9.87. The standard InChI is InChI=1S/C20H24NO/c1-15-8-9-16-10-13-20(11-4-5-12-20)22-19(16)18(15)17-7-3-6-14-21(17)2/h3,6-9,14H,4-5,10-13H2,1-2H3/q+1/i10D2. The Kier molecular flexibility index (Phi) is 2.72. The van der Waals surface area contributed by atoms with Gasteiger partial charge in [0.2, 0.25) is 5.69 Å². The molecular formula is C20H24NO+. The molecule has 4 rings (SSSR count). The van der Waals surface area contributed by atoms with Crippen molar-refractivity contribution in [1.82, 2.24) is 0 Å². The summed E-state index contributed by atoms with van der Waals surface area (Å²) in [7, 11) is 2.02. The van der Waals surface area contributed by atoms with Crippen LogP contribution in [-0.4, -0.2) is 5.60 Å². The van der Waals surface area contributed by atoms with Gasteiger partial charge in [0.1, 0.15) is 18.4 Å². The van der Waals surface area contributed by atoms with Gasteiger partial charge in [0.25, 0.3) is 0 Å².